The summed E-state index contributed by atoms with van der Waals surface area (Å²) >= 11 is 0. The number of aliphatic hydroxyl groups is 3. The second kappa shape index (κ2) is 13.3. The first-order valence-electron chi connectivity index (χ1n) is 10.7. The summed E-state index contributed by atoms with van der Waals surface area (Å²) < 4.78 is 19.6. The third-order valence-corrected chi connectivity index (χ3v) is 3.75. The Kier molecular flexibility index (Phi) is 12.3. The number of amides is 2. The van der Waals surface area contributed by atoms with Crippen molar-refractivity contribution in [3.8, 4) is 0 Å². The van der Waals surface area contributed by atoms with E-state index in [0.29, 0.717) is 0 Å². The minimum Gasteiger partial charge on any atom is -0.461 e. The molecule has 13 nitrogen and oxygen atoms in total. The van der Waals surface area contributed by atoms with Crippen LogP contribution in [0.4, 0.5) is 9.59 Å². The van der Waals surface area contributed by atoms with Crippen molar-refractivity contribution in [2.24, 2.45) is 0 Å². The average molecular weight is 495 g/mol. The van der Waals surface area contributed by atoms with Gasteiger partial charge in [0, 0.05) is 0 Å². The maximum Gasteiger partial charge on any atom is 0.408 e. The number of alkyl carbamates (subject to hydrolysis) is 2. The SMILES string of the molecule is C[C@H](NC(=O)OC(C)(C)C)C(=O)OC[C@@H](O)C(O)[C@H](O)COC(=O)[C@H](C)NC(=O)OC(C)(C)C. The zero-order chi connectivity index (χ0) is 26.9. The van der Waals surface area contributed by atoms with Gasteiger partial charge in [-0.1, -0.05) is 0 Å². The number of carbonyl (C=O) groups is 4. The van der Waals surface area contributed by atoms with Gasteiger partial charge in [0.05, 0.1) is 0 Å². The van der Waals surface area contributed by atoms with Crippen molar-refractivity contribution in [3.05, 3.63) is 0 Å². The molecule has 5 N–H and O–H groups in total. The zero-order valence-electron chi connectivity index (χ0n) is 20.9. The van der Waals surface area contributed by atoms with E-state index in [1.54, 1.807) is 41.5 Å². The molecule has 0 aromatic carbocycles. The molecule has 2 amide bonds. The highest BCUT2D eigenvalue weighted by molar-refractivity contribution is 5.81. The van der Waals surface area contributed by atoms with Gasteiger partial charge < -0.3 is 44.9 Å². The van der Waals surface area contributed by atoms with Crippen LogP contribution in [-0.4, -0.2) is 94.3 Å². The van der Waals surface area contributed by atoms with Crippen molar-refractivity contribution in [1.29, 1.82) is 0 Å². The molecule has 0 heterocycles. The summed E-state index contributed by atoms with van der Waals surface area (Å²) in [6.07, 6.45) is -6.95. The molecule has 0 saturated heterocycles. The van der Waals surface area contributed by atoms with Crippen LogP contribution in [0.15, 0.2) is 0 Å². The molecule has 0 fully saturated rings. The molecular formula is C21H38N2O11. The zero-order valence-corrected chi connectivity index (χ0v) is 20.9. The molecule has 0 aromatic rings. The molecule has 0 spiro atoms. The van der Waals surface area contributed by atoms with E-state index >= 15 is 0 Å². The summed E-state index contributed by atoms with van der Waals surface area (Å²) in [5.41, 5.74) is -1.53. The number of ether oxygens (including phenoxy) is 4. The molecule has 0 unspecified atom stereocenters. The second-order valence-corrected chi connectivity index (χ2v) is 9.62. The summed E-state index contributed by atoms with van der Waals surface area (Å²) in [7, 11) is 0. The normalized spacial score (nSPS) is 15.4. The third kappa shape index (κ3) is 13.8. The molecule has 198 valence electrons. The predicted octanol–water partition coefficient (Wildman–Crippen LogP) is -0.0181. The molecule has 13 heteroatoms. The number of aliphatic hydroxyl groups excluding tert-OH is 3. The van der Waals surface area contributed by atoms with Gasteiger partial charge >= 0.3 is 24.1 Å². The lowest BCUT2D eigenvalue weighted by molar-refractivity contribution is -0.159. The van der Waals surface area contributed by atoms with E-state index in [-0.39, 0.29) is 0 Å². The predicted molar refractivity (Wildman–Crippen MR) is 118 cm³/mol. The molecule has 0 bridgehead atoms. The van der Waals surface area contributed by atoms with Gasteiger partial charge in [0.25, 0.3) is 0 Å². The summed E-state index contributed by atoms with van der Waals surface area (Å²) in [6.45, 7) is 11.1. The van der Waals surface area contributed by atoms with Crippen LogP contribution in [0.1, 0.15) is 55.4 Å². The number of esters is 2. The van der Waals surface area contributed by atoms with Crippen LogP contribution in [0.3, 0.4) is 0 Å². The Balaban J connectivity index is 4.46. The number of hydrogen-bond donors (Lipinski definition) is 5. The first-order valence-corrected chi connectivity index (χ1v) is 10.7. The molecule has 4 atom stereocenters. The molecule has 0 aliphatic heterocycles. The number of rotatable bonds is 10. The van der Waals surface area contributed by atoms with Crippen molar-refractivity contribution in [2.75, 3.05) is 13.2 Å². The Morgan fingerprint density at radius 1 is 0.676 bits per heavy atom. The van der Waals surface area contributed by atoms with Gasteiger partial charge in [0.2, 0.25) is 0 Å². The first kappa shape index (κ1) is 31.4. The van der Waals surface area contributed by atoms with Crippen LogP contribution in [-0.2, 0) is 28.5 Å². The molecule has 0 rings (SSSR count). The molecule has 0 aliphatic carbocycles. The van der Waals surface area contributed by atoms with Gasteiger partial charge in [-0.2, -0.15) is 0 Å². The summed E-state index contributed by atoms with van der Waals surface area (Å²) in [4.78, 5) is 47.2. The average Bonchev–Trinajstić information content (AvgIpc) is 2.65. The number of carbonyl (C=O) groups excluding carboxylic acids is 4. The van der Waals surface area contributed by atoms with Crippen molar-refractivity contribution in [1.82, 2.24) is 10.6 Å². The second-order valence-electron chi connectivity index (χ2n) is 9.62. The van der Waals surface area contributed by atoms with Crippen LogP contribution in [0, 0.1) is 0 Å². The Labute approximate surface area is 199 Å². The monoisotopic (exact) mass is 494 g/mol. The van der Waals surface area contributed by atoms with E-state index in [9.17, 15) is 34.5 Å². The molecule has 0 radical (unpaired) electrons. The third-order valence-electron chi connectivity index (χ3n) is 3.75. The first-order chi connectivity index (χ1) is 15.3. The number of nitrogens with one attached hydrogen (secondary N) is 2. The van der Waals surface area contributed by atoms with Gasteiger partial charge in [-0.25, -0.2) is 19.2 Å². The van der Waals surface area contributed by atoms with Crippen LogP contribution in [0.5, 0.6) is 0 Å². The van der Waals surface area contributed by atoms with Crippen molar-refractivity contribution >= 4 is 24.1 Å². The van der Waals surface area contributed by atoms with E-state index in [1.807, 2.05) is 0 Å². The van der Waals surface area contributed by atoms with Crippen LogP contribution in [0.25, 0.3) is 0 Å². The highest BCUT2D eigenvalue weighted by Gasteiger charge is 2.29. The largest absolute Gasteiger partial charge is 0.461 e. The fourth-order valence-electron chi connectivity index (χ4n) is 2.13. The van der Waals surface area contributed by atoms with Crippen LogP contribution >= 0.6 is 0 Å². The highest BCUT2D eigenvalue weighted by Crippen LogP contribution is 2.09. The Hall–Kier alpha value is -2.64. The lowest BCUT2D eigenvalue weighted by Gasteiger charge is -2.24. The van der Waals surface area contributed by atoms with Crippen molar-refractivity contribution in [3.63, 3.8) is 0 Å². The number of hydrogen-bond acceptors (Lipinski definition) is 11. The van der Waals surface area contributed by atoms with Gasteiger partial charge in [-0.3, -0.25) is 0 Å². The van der Waals surface area contributed by atoms with Crippen molar-refractivity contribution in [2.45, 2.75) is 97.0 Å². The van der Waals surface area contributed by atoms with Gasteiger partial charge in [-0.05, 0) is 55.4 Å². The van der Waals surface area contributed by atoms with E-state index < -0.39 is 78.9 Å². The van der Waals surface area contributed by atoms with E-state index in [1.165, 1.54) is 13.8 Å². The Morgan fingerprint density at radius 3 is 1.24 bits per heavy atom. The van der Waals surface area contributed by atoms with E-state index in [2.05, 4.69) is 10.6 Å². The summed E-state index contributed by atoms with van der Waals surface area (Å²) in [6, 6.07) is -2.21. The fraction of sp³-hybridized carbons (Fsp3) is 0.810. The van der Waals surface area contributed by atoms with Gasteiger partial charge in [-0.15, -0.1) is 0 Å². The lowest BCUT2D eigenvalue weighted by atomic mass is 10.1. The maximum absolute atomic E-state index is 11.9. The van der Waals surface area contributed by atoms with Gasteiger partial charge in [0.15, 0.2) is 0 Å². The summed E-state index contributed by atoms with van der Waals surface area (Å²) in [5.74, 6) is -1.83. The van der Waals surface area contributed by atoms with Gasteiger partial charge in [0.1, 0.15) is 54.8 Å². The Morgan fingerprint density at radius 2 is 0.971 bits per heavy atom. The summed E-state index contributed by atoms with van der Waals surface area (Å²) in [5, 5.41) is 34.4. The lowest BCUT2D eigenvalue weighted by Crippen LogP contribution is -2.46. The fourth-order valence-corrected chi connectivity index (χ4v) is 2.13. The molecule has 0 saturated carbocycles. The highest BCUT2D eigenvalue weighted by atomic mass is 16.6. The minimum atomic E-state index is -1.83. The minimum absolute atomic E-state index is 0.706. The standard InChI is InChI=1S/C21H38N2O11/c1-11(22-18(29)33-20(3,4)5)16(27)31-9-13(24)15(26)14(25)10-32-17(28)12(2)23-19(30)34-21(6,7)8/h11-15,24-26H,9-10H2,1-8H3,(H,22,29)(H,23,30)/t11-,12-,13+,14+/m0/s1. The molecule has 34 heavy (non-hydrogen) atoms. The van der Waals surface area contributed by atoms with E-state index in [0.717, 1.165) is 0 Å². The van der Waals surface area contributed by atoms with Crippen LogP contribution < -0.4 is 10.6 Å². The topological polar surface area (TPSA) is 190 Å². The van der Waals surface area contributed by atoms with Crippen molar-refractivity contribution < 1.29 is 53.4 Å². The smallest absolute Gasteiger partial charge is 0.408 e. The van der Waals surface area contributed by atoms with E-state index in [4.69, 9.17) is 18.9 Å². The maximum atomic E-state index is 11.9. The van der Waals surface area contributed by atoms with Crippen LogP contribution in [0.2, 0.25) is 0 Å². The Bertz CT molecular complexity index is 642. The molecule has 0 aliphatic rings. The molecule has 0 aromatic heterocycles. The molecular weight excluding hydrogens is 456 g/mol. The quantitative estimate of drug-likeness (QED) is 0.203.